The van der Waals surface area contributed by atoms with Crippen LogP contribution in [0.2, 0.25) is 0 Å². The molecule has 0 spiro atoms. The van der Waals surface area contributed by atoms with Gasteiger partial charge in [0.25, 0.3) is 0 Å². The van der Waals surface area contributed by atoms with Crippen molar-refractivity contribution in [2.45, 2.75) is 13.8 Å². The fraction of sp³-hybridized carbons (Fsp3) is 0.542. The van der Waals surface area contributed by atoms with Gasteiger partial charge < -0.3 is 26.5 Å². The average Bonchev–Trinajstić information content (AvgIpc) is 2.66. The highest BCUT2D eigenvalue weighted by molar-refractivity contribution is 5.85. The number of halogens is 2. The SMILES string of the molecule is C=CC([O-])=NCN(C)C.C=CC[N+](C)(C)CC=C.C=CC[N+](CC)(CC)CC=C.Cl.[Cl-]. The Morgan fingerprint density at radius 3 is 1.42 bits per heavy atom. The molecule has 0 saturated heterocycles. The Bertz CT molecular complexity index is 476. The third kappa shape index (κ3) is 26.6. The molecule has 31 heavy (non-hydrogen) atoms. The van der Waals surface area contributed by atoms with Crippen molar-refractivity contribution in [2.24, 2.45) is 4.99 Å². The Balaban J connectivity index is -0.000000106. The fourth-order valence-corrected chi connectivity index (χ4v) is 2.41. The monoisotopic (exact) mass is 478 g/mol. The Labute approximate surface area is 205 Å². The molecule has 0 atom stereocenters. The van der Waals surface area contributed by atoms with E-state index in [1.54, 1.807) is 4.90 Å². The maximum Gasteiger partial charge on any atom is 0.0973 e. The van der Waals surface area contributed by atoms with Crippen LogP contribution in [0.4, 0.5) is 0 Å². The molecule has 0 aromatic heterocycles. The van der Waals surface area contributed by atoms with Crippen molar-refractivity contribution in [3.05, 3.63) is 63.3 Å². The topological polar surface area (TPSA) is 38.7 Å². The van der Waals surface area contributed by atoms with Gasteiger partial charge in [-0.1, -0.05) is 39.0 Å². The molecule has 5 nitrogen and oxygen atoms in total. The third-order valence-electron chi connectivity index (χ3n) is 4.31. The van der Waals surface area contributed by atoms with Gasteiger partial charge in [0.1, 0.15) is 0 Å². The van der Waals surface area contributed by atoms with Crippen LogP contribution >= 0.6 is 12.4 Å². The summed E-state index contributed by atoms with van der Waals surface area (Å²) in [4.78, 5) is 5.42. The van der Waals surface area contributed by atoms with Gasteiger partial charge in [0.2, 0.25) is 0 Å². The van der Waals surface area contributed by atoms with E-state index in [0.717, 1.165) is 48.2 Å². The predicted octanol–water partition coefficient (Wildman–Crippen LogP) is 0.526. The molecular weight excluding hydrogens is 431 g/mol. The van der Waals surface area contributed by atoms with Gasteiger partial charge in [-0.3, -0.25) is 9.89 Å². The molecule has 0 aliphatic carbocycles. The number of quaternary nitrogens is 2. The highest BCUT2D eigenvalue weighted by Gasteiger charge is 2.18. The van der Waals surface area contributed by atoms with Crippen molar-refractivity contribution in [1.82, 2.24) is 4.90 Å². The largest absolute Gasteiger partial charge is 1.00 e. The van der Waals surface area contributed by atoms with Gasteiger partial charge in [-0.25, -0.2) is 0 Å². The van der Waals surface area contributed by atoms with Gasteiger partial charge in [-0.15, -0.1) is 12.4 Å². The lowest BCUT2D eigenvalue weighted by Crippen LogP contribution is -3.00. The first-order valence-corrected chi connectivity index (χ1v) is 10.1. The number of hydrogen-bond acceptors (Lipinski definition) is 3. The van der Waals surface area contributed by atoms with Crippen molar-refractivity contribution < 1.29 is 26.5 Å². The van der Waals surface area contributed by atoms with E-state index in [1.807, 2.05) is 38.4 Å². The van der Waals surface area contributed by atoms with Gasteiger partial charge in [0, 0.05) is 0 Å². The van der Waals surface area contributed by atoms with Gasteiger partial charge in [-0.2, -0.15) is 0 Å². The molecule has 0 rings (SSSR count). The summed E-state index contributed by atoms with van der Waals surface area (Å²) >= 11 is 0. The van der Waals surface area contributed by atoms with E-state index in [4.69, 9.17) is 0 Å². The lowest BCUT2D eigenvalue weighted by molar-refractivity contribution is -0.914. The van der Waals surface area contributed by atoms with Crippen LogP contribution in [0.5, 0.6) is 0 Å². The Hall–Kier alpha value is -1.37. The molecule has 0 aliphatic heterocycles. The summed E-state index contributed by atoms with van der Waals surface area (Å²) < 4.78 is 2.04. The predicted molar refractivity (Wildman–Crippen MR) is 137 cm³/mol. The molecule has 0 fully saturated rings. The molecule has 0 aromatic carbocycles. The zero-order chi connectivity index (χ0) is 23.3. The highest BCUT2D eigenvalue weighted by Crippen LogP contribution is 2.05. The molecular formula is C24H48Cl2N4O. The van der Waals surface area contributed by atoms with Crippen molar-refractivity contribution in [1.29, 1.82) is 0 Å². The molecule has 0 bridgehead atoms. The summed E-state index contributed by atoms with van der Waals surface area (Å²) in [5.74, 6) is -0.260. The molecule has 184 valence electrons. The third-order valence-corrected chi connectivity index (χ3v) is 4.31. The minimum Gasteiger partial charge on any atom is -1.00 e. The number of nitrogens with zero attached hydrogens (tertiary/aromatic N) is 4. The standard InChI is InChI=1S/C10H20N.C8H16N.C6H12N2O.2ClH/c1-5-9-11(7-3,8-4)10-6-2;1-5-7-9(3,4)8-6-2;1-4-6(9)7-5-8(2)3;;/h5-6H,1-2,7-10H2,3-4H3;5-6H,1-2,7-8H2,3-4H3;4H,1,5H2,2-3H3,(H,7,9);2*1H/q2*+1;;;/p-2. The minimum absolute atomic E-state index is 0. The van der Waals surface area contributed by atoms with Crippen LogP contribution in [0.15, 0.2) is 68.3 Å². The van der Waals surface area contributed by atoms with Crippen LogP contribution in [-0.2, 0) is 0 Å². The van der Waals surface area contributed by atoms with Crippen LogP contribution in [0.1, 0.15) is 13.8 Å². The normalized spacial score (nSPS) is 10.6. The van der Waals surface area contributed by atoms with Crippen molar-refractivity contribution >= 4 is 18.3 Å². The number of rotatable bonds is 13. The van der Waals surface area contributed by atoms with Gasteiger partial charge >= 0.3 is 0 Å². The van der Waals surface area contributed by atoms with Gasteiger partial charge in [0.05, 0.1) is 60.0 Å². The summed E-state index contributed by atoms with van der Waals surface area (Å²) in [5, 5.41) is 10.4. The Kier molecular flexibility index (Phi) is 32.2. The van der Waals surface area contributed by atoms with Crippen LogP contribution < -0.4 is 17.5 Å². The fourth-order valence-electron chi connectivity index (χ4n) is 2.41. The number of aliphatic imine (C=N–C) groups is 1. The van der Waals surface area contributed by atoms with E-state index in [1.165, 1.54) is 6.08 Å². The van der Waals surface area contributed by atoms with Gasteiger partial charge in [0.15, 0.2) is 0 Å². The van der Waals surface area contributed by atoms with E-state index in [2.05, 4.69) is 65.8 Å². The quantitative estimate of drug-likeness (QED) is 0.167. The zero-order valence-corrected chi connectivity index (χ0v) is 22.4. The maximum absolute atomic E-state index is 10.4. The van der Waals surface area contributed by atoms with Gasteiger partial charge in [-0.05, 0) is 58.1 Å². The summed E-state index contributed by atoms with van der Waals surface area (Å²) in [5.41, 5.74) is 0. The van der Waals surface area contributed by atoms with Crippen LogP contribution in [0, 0.1) is 0 Å². The van der Waals surface area contributed by atoms with Crippen molar-refractivity contribution in [3.8, 4) is 0 Å². The van der Waals surface area contributed by atoms with Crippen LogP contribution in [-0.4, -0.2) is 93.9 Å². The molecule has 0 unspecified atom stereocenters. The second-order valence-electron chi connectivity index (χ2n) is 7.72. The molecule has 0 heterocycles. The van der Waals surface area contributed by atoms with E-state index in [-0.39, 0.29) is 30.7 Å². The van der Waals surface area contributed by atoms with Crippen LogP contribution in [0.3, 0.4) is 0 Å². The van der Waals surface area contributed by atoms with Crippen molar-refractivity contribution in [3.63, 3.8) is 0 Å². The molecule has 0 saturated carbocycles. The molecule has 0 aromatic rings. The second-order valence-corrected chi connectivity index (χ2v) is 7.72. The Morgan fingerprint density at radius 2 is 1.19 bits per heavy atom. The molecule has 0 aliphatic rings. The zero-order valence-electron chi connectivity index (χ0n) is 20.9. The minimum atomic E-state index is -0.260. The lowest BCUT2D eigenvalue weighted by Gasteiger charge is -2.34. The first-order valence-electron chi connectivity index (χ1n) is 10.1. The van der Waals surface area contributed by atoms with Crippen molar-refractivity contribution in [2.75, 3.05) is 74.1 Å². The van der Waals surface area contributed by atoms with E-state index < -0.39 is 0 Å². The van der Waals surface area contributed by atoms with E-state index in [9.17, 15) is 5.11 Å². The Morgan fingerprint density at radius 1 is 0.839 bits per heavy atom. The maximum atomic E-state index is 10.4. The molecule has 0 radical (unpaired) electrons. The summed E-state index contributed by atoms with van der Waals surface area (Å²) in [7, 11) is 8.01. The summed E-state index contributed by atoms with van der Waals surface area (Å²) in [6, 6.07) is 0. The highest BCUT2D eigenvalue weighted by atomic mass is 35.5. The first-order chi connectivity index (χ1) is 13.5. The van der Waals surface area contributed by atoms with E-state index >= 15 is 0 Å². The smallest absolute Gasteiger partial charge is 0.0973 e. The average molecular weight is 480 g/mol. The lowest BCUT2D eigenvalue weighted by atomic mass is 10.3. The first kappa shape index (κ1) is 40.0. The van der Waals surface area contributed by atoms with E-state index in [0.29, 0.717) is 6.67 Å². The molecule has 7 heteroatoms. The summed E-state index contributed by atoms with van der Waals surface area (Å²) in [6.45, 7) is 29.5. The molecule has 0 amide bonds. The molecule has 0 N–H and O–H groups in total. The number of hydrogen-bond donors (Lipinski definition) is 0. The second kappa shape index (κ2) is 24.9. The van der Waals surface area contributed by atoms with Crippen LogP contribution in [0.25, 0.3) is 0 Å². The number of likely N-dealkylation sites (N-methyl/N-ethyl adjacent to an activating group) is 2. The summed E-state index contributed by atoms with van der Waals surface area (Å²) in [6.07, 6.45) is 9.06.